The summed E-state index contributed by atoms with van der Waals surface area (Å²) in [6.45, 7) is 6.92. The largest absolute Gasteiger partial charge is 0.423 e. The number of hydrogen-bond donors (Lipinski definition) is 2. The van der Waals surface area contributed by atoms with E-state index in [1.807, 2.05) is 24.5 Å². The minimum absolute atomic E-state index is 0.198. The van der Waals surface area contributed by atoms with Crippen molar-refractivity contribution in [1.82, 2.24) is 0 Å². The molecule has 1 saturated heterocycles. The smallest absolute Gasteiger partial charge is 0.419 e. The highest BCUT2D eigenvalue weighted by atomic mass is 19.4. The van der Waals surface area contributed by atoms with Crippen molar-refractivity contribution in [3.8, 4) is 0 Å². The lowest BCUT2D eigenvalue weighted by Crippen LogP contribution is -2.51. The minimum Gasteiger partial charge on any atom is -0.423 e. The number of carbonyl (C=O) groups excluding carboxylic acids is 1. The molecule has 34 heavy (non-hydrogen) atoms. The van der Waals surface area contributed by atoms with E-state index in [0.717, 1.165) is 18.2 Å². The number of amides is 2. The molecule has 2 aromatic carbocycles. The van der Waals surface area contributed by atoms with E-state index in [-0.39, 0.29) is 5.46 Å². The lowest BCUT2D eigenvalue weighted by molar-refractivity contribution is -0.139. The number of halogens is 6. The molecule has 0 radical (unpaired) electrons. The van der Waals surface area contributed by atoms with Crippen LogP contribution in [-0.2, 0) is 15.6 Å². The van der Waals surface area contributed by atoms with E-state index < -0.39 is 64.7 Å². The predicted molar refractivity (Wildman–Crippen MR) is 116 cm³/mol. The van der Waals surface area contributed by atoms with Crippen molar-refractivity contribution in [2.45, 2.75) is 51.4 Å². The van der Waals surface area contributed by atoms with Gasteiger partial charge in [0.25, 0.3) is 0 Å². The van der Waals surface area contributed by atoms with E-state index in [1.165, 1.54) is 0 Å². The summed E-state index contributed by atoms with van der Waals surface area (Å²) < 4.78 is 93.2. The maximum absolute atomic E-state index is 14.7. The standard InChI is InChI=1S/C22H23BF6N2O3/c1-20(2)21(3,4)34-23(7-8-33-20)12-9-16(25)18(17(26)10-12)31-19(32)30-13-5-6-15(24)14(11-13)22(27,28)29/h5-6,9-11H,7-8H2,1-4H3,(H2,30,31,32). The average Bonchev–Trinajstić information content (AvgIpc) is 2.80. The number of rotatable bonds is 3. The van der Waals surface area contributed by atoms with Crippen LogP contribution in [0.1, 0.15) is 33.3 Å². The lowest BCUT2D eigenvalue weighted by Gasteiger charge is -2.40. The van der Waals surface area contributed by atoms with Gasteiger partial charge in [0.05, 0.1) is 16.8 Å². The van der Waals surface area contributed by atoms with Gasteiger partial charge < -0.3 is 20.0 Å². The Morgan fingerprint density at radius 3 is 2.15 bits per heavy atom. The van der Waals surface area contributed by atoms with Crippen LogP contribution in [0.15, 0.2) is 30.3 Å². The first-order valence-corrected chi connectivity index (χ1v) is 10.4. The van der Waals surface area contributed by atoms with Gasteiger partial charge in [-0.15, -0.1) is 0 Å². The fourth-order valence-electron chi connectivity index (χ4n) is 3.38. The minimum atomic E-state index is -4.98. The van der Waals surface area contributed by atoms with Crippen molar-refractivity contribution in [1.29, 1.82) is 0 Å². The van der Waals surface area contributed by atoms with Gasteiger partial charge in [0.1, 0.15) is 23.1 Å². The van der Waals surface area contributed by atoms with E-state index in [2.05, 4.69) is 0 Å². The monoisotopic (exact) mass is 488 g/mol. The predicted octanol–water partition coefficient (Wildman–Crippen LogP) is 5.57. The van der Waals surface area contributed by atoms with Gasteiger partial charge in [0, 0.05) is 12.3 Å². The van der Waals surface area contributed by atoms with Crippen LogP contribution < -0.4 is 16.1 Å². The fourth-order valence-corrected chi connectivity index (χ4v) is 3.38. The molecule has 1 aliphatic rings. The van der Waals surface area contributed by atoms with Gasteiger partial charge in [-0.1, -0.05) is 0 Å². The summed E-state index contributed by atoms with van der Waals surface area (Å²) >= 11 is 0. The fraction of sp³-hybridized carbons (Fsp3) is 0.409. The number of carbonyl (C=O) groups is 1. The van der Waals surface area contributed by atoms with Crippen LogP contribution in [-0.4, -0.2) is 30.8 Å². The van der Waals surface area contributed by atoms with Crippen LogP contribution in [0.5, 0.6) is 0 Å². The molecule has 0 saturated carbocycles. The third-order valence-corrected chi connectivity index (χ3v) is 5.93. The van der Waals surface area contributed by atoms with Crippen molar-refractivity contribution in [3.63, 3.8) is 0 Å². The molecule has 3 rings (SSSR count). The molecule has 0 bridgehead atoms. The number of nitrogens with one attached hydrogen (secondary N) is 2. The van der Waals surface area contributed by atoms with Crippen LogP contribution >= 0.6 is 0 Å². The van der Waals surface area contributed by atoms with Gasteiger partial charge in [-0.3, -0.25) is 0 Å². The number of anilines is 2. The molecule has 0 spiro atoms. The summed E-state index contributed by atoms with van der Waals surface area (Å²) in [6.07, 6.45) is -4.65. The second kappa shape index (κ2) is 9.14. The zero-order valence-electron chi connectivity index (χ0n) is 18.9. The Labute approximate surface area is 192 Å². The zero-order chi connectivity index (χ0) is 25.5. The number of hydrogen-bond acceptors (Lipinski definition) is 3. The Bertz CT molecular complexity index is 1070. The average molecular weight is 488 g/mol. The first-order valence-electron chi connectivity index (χ1n) is 10.4. The Morgan fingerprint density at radius 2 is 1.56 bits per heavy atom. The third-order valence-electron chi connectivity index (χ3n) is 5.93. The summed E-state index contributed by atoms with van der Waals surface area (Å²) in [5, 5.41) is 3.93. The lowest BCUT2D eigenvalue weighted by atomic mass is 9.57. The van der Waals surface area contributed by atoms with E-state index in [4.69, 9.17) is 9.39 Å². The van der Waals surface area contributed by atoms with E-state index in [9.17, 15) is 31.1 Å². The highest BCUT2D eigenvalue weighted by Crippen LogP contribution is 2.34. The summed E-state index contributed by atoms with van der Waals surface area (Å²) in [4.78, 5) is 12.1. The second-order valence-corrected chi connectivity index (χ2v) is 8.90. The maximum Gasteiger partial charge on any atom is 0.419 e. The van der Waals surface area contributed by atoms with E-state index >= 15 is 0 Å². The molecule has 0 unspecified atom stereocenters. The maximum atomic E-state index is 14.7. The highest BCUT2D eigenvalue weighted by Gasteiger charge is 2.44. The van der Waals surface area contributed by atoms with Gasteiger partial charge in [0.15, 0.2) is 0 Å². The van der Waals surface area contributed by atoms with Gasteiger partial charge in [-0.25, -0.2) is 18.0 Å². The van der Waals surface area contributed by atoms with Gasteiger partial charge in [0.2, 0.25) is 0 Å². The Hall–Kier alpha value is -2.73. The van der Waals surface area contributed by atoms with Gasteiger partial charge in [-0.05, 0) is 69.8 Å². The van der Waals surface area contributed by atoms with E-state index in [0.29, 0.717) is 25.1 Å². The number of ether oxygens (including phenoxy) is 1. The molecule has 2 N–H and O–H groups in total. The quantitative estimate of drug-likeness (QED) is 0.439. The molecular weight excluding hydrogens is 465 g/mol. The molecule has 5 nitrogen and oxygen atoms in total. The van der Waals surface area contributed by atoms with Crippen LogP contribution in [0.2, 0.25) is 6.32 Å². The van der Waals surface area contributed by atoms with E-state index in [1.54, 1.807) is 13.8 Å². The summed E-state index contributed by atoms with van der Waals surface area (Å²) in [5.41, 5.74) is -4.04. The summed E-state index contributed by atoms with van der Waals surface area (Å²) in [7, 11) is 0. The molecule has 2 amide bonds. The summed E-state index contributed by atoms with van der Waals surface area (Å²) in [6, 6.07) is 2.59. The molecule has 1 aliphatic heterocycles. The van der Waals surface area contributed by atoms with Crippen molar-refractivity contribution in [3.05, 3.63) is 53.3 Å². The SMILES string of the molecule is CC1(C)OCCB(c2cc(F)c(NC(=O)Nc3ccc(F)c(C(F)(F)F)c3)c(F)c2)OC1(C)C. The topological polar surface area (TPSA) is 59.6 Å². The van der Waals surface area contributed by atoms with Gasteiger partial charge in [-0.2, -0.15) is 13.2 Å². The van der Waals surface area contributed by atoms with Crippen LogP contribution in [0.25, 0.3) is 0 Å². The Balaban J connectivity index is 1.78. The molecule has 1 fully saturated rings. The molecular formula is C22H23BF6N2O3. The van der Waals surface area contributed by atoms with Crippen molar-refractivity contribution in [2.24, 2.45) is 0 Å². The molecule has 184 valence electrons. The van der Waals surface area contributed by atoms with Crippen LogP contribution in [0.3, 0.4) is 0 Å². The van der Waals surface area contributed by atoms with Crippen molar-refractivity contribution in [2.75, 3.05) is 17.2 Å². The molecule has 1 heterocycles. The van der Waals surface area contributed by atoms with Gasteiger partial charge >= 0.3 is 19.1 Å². The number of alkyl halides is 3. The highest BCUT2D eigenvalue weighted by molar-refractivity contribution is 6.67. The molecule has 0 aromatic heterocycles. The Morgan fingerprint density at radius 1 is 0.941 bits per heavy atom. The summed E-state index contributed by atoms with van der Waals surface area (Å²) in [5.74, 6) is -3.74. The number of urea groups is 1. The molecule has 12 heteroatoms. The number of benzene rings is 2. The molecule has 0 aliphatic carbocycles. The van der Waals surface area contributed by atoms with Crippen LogP contribution in [0, 0.1) is 17.5 Å². The second-order valence-electron chi connectivity index (χ2n) is 8.90. The van der Waals surface area contributed by atoms with Crippen molar-refractivity contribution >= 4 is 29.8 Å². The first kappa shape index (κ1) is 25.9. The van der Waals surface area contributed by atoms with Crippen LogP contribution in [0.4, 0.5) is 42.5 Å². The normalized spacial score (nSPS) is 17.8. The third kappa shape index (κ3) is 5.49. The van der Waals surface area contributed by atoms with Crippen molar-refractivity contribution < 1.29 is 40.5 Å². The molecule has 2 aromatic rings. The molecule has 0 atom stereocenters. The zero-order valence-corrected chi connectivity index (χ0v) is 18.9. The first-order chi connectivity index (χ1) is 15.6. The Kier molecular flexibility index (Phi) is 6.96.